The van der Waals surface area contributed by atoms with Crippen molar-refractivity contribution in [1.82, 2.24) is 0 Å². The summed E-state index contributed by atoms with van der Waals surface area (Å²) >= 11 is 0. The Morgan fingerprint density at radius 3 is 2.90 bits per heavy atom. The van der Waals surface area contributed by atoms with Crippen molar-refractivity contribution in [3.8, 4) is 0 Å². The Morgan fingerprint density at radius 1 is 2.00 bits per heavy atom. The maximum atomic E-state index is 8.78. The minimum absolute atomic E-state index is 0.0894. The lowest BCUT2D eigenvalue weighted by atomic mass is 10.0. The number of azide groups is 1. The number of rotatable bonds is 3. The van der Waals surface area contributed by atoms with Crippen LogP contribution in [0, 0.1) is 0 Å². The van der Waals surface area contributed by atoms with Crippen molar-refractivity contribution in [2.75, 3.05) is 13.2 Å². The SMILES string of the molecule is CC(CO)(N=[N+]=[N-])C1CO1. The molecule has 0 amide bonds. The molecule has 0 saturated carbocycles. The molecule has 0 aliphatic carbocycles. The van der Waals surface area contributed by atoms with Gasteiger partial charge in [-0.3, -0.25) is 0 Å². The van der Waals surface area contributed by atoms with Crippen molar-refractivity contribution in [3.63, 3.8) is 0 Å². The van der Waals surface area contributed by atoms with Crippen LogP contribution in [0.4, 0.5) is 0 Å². The van der Waals surface area contributed by atoms with E-state index in [4.69, 9.17) is 15.4 Å². The molecule has 1 N–H and O–H groups in total. The molecule has 5 nitrogen and oxygen atoms in total. The van der Waals surface area contributed by atoms with Gasteiger partial charge in [-0.25, -0.2) is 0 Å². The van der Waals surface area contributed by atoms with Crippen LogP contribution in [0.25, 0.3) is 10.4 Å². The maximum absolute atomic E-state index is 8.78. The fourth-order valence-electron chi connectivity index (χ4n) is 0.707. The summed E-state index contributed by atoms with van der Waals surface area (Å²) in [5.41, 5.74) is 7.35. The van der Waals surface area contributed by atoms with Crippen molar-refractivity contribution in [3.05, 3.63) is 10.4 Å². The van der Waals surface area contributed by atoms with E-state index in [9.17, 15) is 0 Å². The van der Waals surface area contributed by atoms with Crippen LogP contribution in [0.3, 0.4) is 0 Å². The molecule has 2 unspecified atom stereocenters. The summed E-state index contributed by atoms with van der Waals surface area (Å²) in [5.74, 6) is 0. The second-order valence-electron chi connectivity index (χ2n) is 2.53. The van der Waals surface area contributed by atoms with E-state index in [1.165, 1.54) is 0 Å². The first-order valence-electron chi connectivity index (χ1n) is 3.01. The van der Waals surface area contributed by atoms with Crippen LogP contribution in [0.5, 0.6) is 0 Å². The van der Waals surface area contributed by atoms with Crippen LogP contribution in [0.2, 0.25) is 0 Å². The van der Waals surface area contributed by atoms with E-state index in [1.807, 2.05) is 0 Å². The average molecular weight is 143 g/mol. The second-order valence-corrected chi connectivity index (χ2v) is 2.53. The van der Waals surface area contributed by atoms with Gasteiger partial charge in [0.25, 0.3) is 0 Å². The van der Waals surface area contributed by atoms with E-state index in [0.29, 0.717) is 6.61 Å². The average Bonchev–Trinajstić information content (AvgIpc) is 2.69. The van der Waals surface area contributed by atoms with Gasteiger partial charge in [0.05, 0.1) is 24.9 Å². The monoisotopic (exact) mass is 143 g/mol. The van der Waals surface area contributed by atoms with Crippen molar-refractivity contribution >= 4 is 0 Å². The molecule has 0 radical (unpaired) electrons. The van der Waals surface area contributed by atoms with Crippen LogP contribution >= 0.6 is 0 Å². The van der Waals surface area contributed by atoms with E-state index >= 15 is 0 Å². The predicted octanol–water partition coefficient (Wildman–Crippen LogP) is 0.447. The molecule has 1 rings (SSSR count). The van der Waals surface area contributed by atoms with Gasteiger partial charge in [-0.05, 0) is 12.5 Å². The molecule has 0 aromatic carbocycles. The summed E-state index contributed by atoms with van der Waals surface area (Å²) in [7, 11) is 0. The van der Waals surface area contributed by atoms with E-state index in [2.05, 4.69) is 10.0 Å². The van der Waals surface area contributed by atoms with E-state index < -0.39 is 5.54 Å². The standard InChI is InChI=1S/C5H9N3O2/c1-5(3-9,7-8-6)4-2-10-4/h4,9H,2-3H2,1H3. The van der Waals surface area contributed by atoms with Gasteiger partial charge in [-0.15, -0.1) is 0 Å². The Labute approximate surface area is 58.2 Å². The number of hydrogen-bond donors (Lipinski definition) is 1. The molecule has 1 fully saturated rings. The van der Waals surface area contributed by atoms with Crippen LogP contribution in [-0.4, -0.2) is 30.0 Å². The highest BCUT2D eigenvalue weighted by molar-refractivity contribution is 4.97. The topological polar surface area (TPSA) is 81.5 Å². The Bertz CT molecular complexity index is 174. The normalized spacial score (nSPS) is 28.4. The molecule has 1 aliphatic heterocycles. The van der Waals surface area contributed by atoms with E-state index in [0.717, 1.165) is 0 Å². The highest BCUT2D eigenvalue weighted by Gasteiger charge is 2.42. The van der Waals surface area contributed by atoms with Crippen molar-refractivity contribution in [2.24, 2.45) is 5.11 Å². The first-order chi connectivity index (χ1) is 4.73. The van der Waals surface area contributed by atoms with Crippen LogP contribution in [0.15, 0.2) is 5.11 Å². The number of ether oxygens (including phenoxy) is 1. The first kappa shape index (κ1) is 7.34. The second kappa shape index (κ2) is 2.46. The zero-order valence-electron chi connectivity index (χ0n) is 5.69. The molecule has 1 saturated heterocycles. The zero-order chi connectivity index (χ0) is 7.61. The smallest absolute Gasteiger partial charge is 0.0973 e. The van der Waals surface area contributed by atoms with Crippen molar-refractivity contribution < 1.29 is 9.84 Å². The highest BCUT2D eigenvalue weighted by atomic mass is 16.6. The van der Waals surface area contributed by atoms with Crippen molar-refractivity contribution in [1.29, 1.82) is 0 Å². The van der Waals surface area contributed by atoms with Crippen LogP contribution < -0.4 is 0 Å². The fourth-order valence-corrected chi connectivity index (χ4v) is 0.707. The van der Waals surface area contributed by atoms with Gasteiger partial charge in [0.1, 0.15) is 0 Å². The summed E-state index contributed by atoms with van der Waals surface area (Å²) in [6.45, 7) is 2.09. The Balaban J connectivity index is 2.64. The lowest BCUT2D eigenvalue weighted by molar-refractivity contribution is 0.175. The third-order valence-corrected chi connectivity index (χ3v) is 1.62. The Hall–Kier alpha value is -0.770. The largest absolute Gasteiger partial charge is 0.396 e. The van der Waals surface area contributed by atoms with Gasteiger partial charge in [0.2, 0.25) is 0 Å². The third kappa shape index (κ3) is 1.21. The number of aliphatic hydroxyl groups excluding tert-OH is 1. The van der Waals surface area contributed by atoms with E-state index in [-0.39, 0.29) is 12.7 Å². The first-order valence-corrected chi connectivity index (χ1v) is 3.01. The molecule has 0 aromatic heterocycles. The number of epoxide rings is 1. The van der Waals surface area contributed by atoms with Gasteiger partial charge in [0, 0.05) is 4.91 Å². The summed E-state index contributed by atoms with van der Waals surface area (Å²) in [4.78, 5) is 2.62. The molecular weight excluding hydrogens is 134 g/mol. The molecule has 1 aliphatic rings. The summed E-state index contributed by atoms with van der Waals surface area (Å²) in [6.07, 6.45) is -0.0894. The summed E-state index contributed by atoms with van der Waals surface area (Å²) in [6, 6.07) is 0. The van der Waals surface area contributed by atoms with Gasteiger partial charge < -0.3 is 9.84 Å². The Morgan fingerprint density at radius 2 is 2.60 bits per heavy atom. The van der Waals surface area contributed by atoms with Gasteiger partial charge in [-0.2, -0.15) is 0 Å². The molecule has 0 bridgehead atoms. The lowest BCUT2D eigenvalue weighted by Gasteiger charge is -2.16. The van der Waals surface area contributed by atoms with Gasteiger partial charge in [0.15, 0.2) is 0 Å². The molecule has 0 spiro atoms. The number of hydrogen-bond acceptors (Lipinski definition) is 3. The fraction of sp³-hybridized carbons (Fsp3) is 1.00. The number of aliphatic hydroxyl groups is 1. The van der Waals surface area contributed by atoms with Crippen LogP contribution in [-0.2, 0) is 4.74 Å². The molecular formula is C5H9N3O2. The summed E-state index contributed by atoms with van der Waals surface area (Å²) in [5, 5.41) is 12.2. The minimum Gasteiger partial charge on any atom is -0.396 e. The van der Waals surface area contributed by atoms with Gasteiger partial charge >= 0.3 is 0 Å². The van der Waals surface area contributed by atoms with Crippen molar-refractivity contribution in [2.45, 2.75) is 18.6 Å². The maximum Gasteiger partial charge on any atom is 0.0973 e. The van der Waals surface area contributed by atoms with E-state index in [1.54, 1.807) is 6.92 Å². The van der Waals surface area contributed by atoms with Gasteiger partial charge in [-0.1, -0.05) is 5.11 Å². The lowest BCUT2D eigenvalue weighted by Crippen LogP contribution is -2.33. The zero-order valence-corrected chi connectivity index (χ0v) is 5.69. The van der Waals surface area contributed by atoms with Crippen LogP contribution in [0.1, 0.15) is 6.92 Å². The number of nitrogens with zero attached hydrogens (tertiary/aromatic N) is 3. The molecule has 5 heteroatoms. The minimum atomic E-state index is -0.755. The highest BCUT2D eigenvalue weighted by Crippen LogP contribution is 2.27. The third-order valence-electron chi connectivity index (χ3n) is 1.62. The quantitative estimate of drug-likeness (QED) is 0.269. The predicted molar refractivity (Wildman–Crippen MR) is 34.4 cm³/mol. The molecule has 0 aromatic rings. The molecule has 56 valence electrons. The molecule has 1 heterocycles. The Kier molecular flexibility index (Phi) is 1.80. The molecule has 2 atom stereocenters. The molecule has 10 heavy (non-hydrogen) atoms. The summed E-state index contributed by atoms with van der Waals surface area (Å²) < 4.78 is 4.89.